The van der Waals surface area contributed by atoms with Gasteiger partial charge in [0.25, 0.3) is 11.8 Å². The monoisotopic (exact) mass is 371 g/mol. The Labute approximate surface area is 162 Å². The number of rotatable bonds is 4. The molecule has 3 aromatic rings. The largest absolute Gasteiger partial charge is 0.425 e. The predicted octanol–water partition coefficient (Wildman–Crippen LogP) is 3.86. The van der Waals surface area contributed by atoms with Crippen molar-refractivity contribution in [3.05, 3.63) is 89.5 Å². The fraction of sp³-hybridized carbons (Fsp3) is 0.0870. The summed E-state index contributed by atoms with van der Waals surface area (Å²) in [5.74, 6) is -1.27. The number of imide groups is 1. The van der Waals surface area contributed by atoms with Crippen LogP contribution in [0.2, 0.25) is 0 Å². The van der Waals surface area contributed by atoms with Crippen LogP contribution in [-0.2, 0) is 4.79 Å². The molecule has 4 rings (SSSR count). The van der Waals surface area contributed by atoms with Crippen LogP contribution in [0, 0.1) is 6.92 Å². The number of carbonyl (C=O) groups is 3. The zero-order valence-electron chi connectivity index (χ0n) is 15.2. The summed E-state index contributed by atoms with van der Waals surface area (Å²) in [6, 6.07) is 21.7. The lowest BCUT2D eigenvalue weighted by Gasteiger charge is -2.13. The Kier molecular flexibility index (Phi) is 4.49. The van der Waals surface area contributed by atoms with Crippen molar-refractivity contribution in [3.63, 3.8) is 0 Å². The summed E-state index contributed by atoms with van der Waals surface area (Å²) in [7, 11) is 0. The number of amides is 2. The van der Waals surface area contributed by atoms with E-state index in [0.717, 1.165) is 16.0 Å². The lowest BCUT2D eigenvalue weighted by Crippen LogP contribution is -2.36. The molecule has 0 aliphatic carbocycles. The molecule has 1 heterocycles. The number of hydrogen-bond acceptors (Lipinski definition) is 4. The first-order chi connectivity index (χ1) is 13.5. The van der Waals surface area contributed by atoms with Gasteiger partial charge < -0.3 is 4.74 Å². The fourth-order valence-corrected chi connectivity index (χ4v) is 3.14. The van der Waals surface area contributed by atoms with Gasteiger partial charge in [0.1, 0.15) is 12.3 Å². The second-order valence-electron chi connectivity index (χ2n) is 6.61. The van der Waals surface area contributed by atoms with Crippen molar-refractivity contribution in [2.45, 2.75) is 6.92 Å². The number of ether oxygens (including phenoxy) is 1. The molecule has 0 fully saturated rings. The molecule has 1 aliphatic rings. The van der Waals surface area contributed by atoms with E-state index in [4.69, 9.17) is 4.74 Å². The maximum atomic E-state index is 12.3. The quantitative estimate of drug-likeness (QED) is 0.397. The Morgan fingerprint density at radius 3 is 1.82 bits per heavy atom. The van der Waals surface area contributed by atoms with Gasteiger partial charge in [0, 0.05) is 0 Å². The van der Waals surface area contributed by atoms with Gasteiger partial charge in [0.15, 0.2) is 0 Å². The van der Waals surface area contributed by atoms with Crippen LogP contribution in [0.5, 0.6) is 5.75 Å². The topological polar surface area (TPSA) is 63.7 Å². The van der Waals surface area contributed by atoms with Crippen molar-refractivity contribution in [2.24, 2.45) is 0 Å². The summed E-state index contributed by atoms with van der Waals surface area (Å²) >= 11 is 0. The Hall–Kier alpha value is -3.73. The molecule has 0 saturated carbocycles. The van der Waals surface area contributed by atoms with Gasteiger partial charge in [-0.2, -0.15) is 0 Å². The van der Waals surface area contributed by atoms with Crippen LogP contribution in [0.3, 0.4) is 0 Å². The zero-order valence-corrected chi connectivity index (χ0v) is 15.2. The summed E-state index contributed by atoms with van der Waals surface area (Å²) in [6.07, 6.45) is 0. The Bertz CT molecular complexity index is 1030. The van der Waals surface area contributed by atoms with Crippen molar-refractivity contribution in [1.82, 2.24) is 4.90 Å². The first kappa shape index (κ1) is 17.7. The van der Waals surface area contributed by atoms with Crippen molar-refractivity contribution in [2.75, 3.05) is 6.54 Å². The summed E-state index contributed by atoms with van der Waals surface area (Å²) in [5, 5.41) is 0. The number of benzene rings is 3. The Morgan fingerprint density at radius 1 is 0.786 bits per heavy atom. The molecule has 0 saturated heterocycles. The SMILES string of the molecule is Cc1ccc(-c2ccc(OC(=O)CN3C(=O)c4ccccc4C3=O)cc2)cc1. The van der Waals surface area contributed by atoms with Gasteiger partial charge in [-0.05, 0) is 42.3 Å². The number of aryl methyl sites for hydroxylation is 1. The van der Waals surface area contributed by atoms with E-state index in [1.54, 1.807) is 36.4 Å². The third-order valence-corrected chi connectivity index (χ3v) is 4.64. The standard InChI is InChI=1S/C23H17NO4/c1-15-6-8-16(9-7-15)17-10-12-18(13-11-17)28-21(25)14-24-22(26)19-4-2-3-5-20(19)23(24)27/h2-13H,14H2,1H3. The summed E-state index contributed by atoms with van der Waals surface area (Å²) < 4.78 is 5.30. The van der Waals surface area contributed by atoms with Crippen molar-refractivity contribution in [1.29, 1.82) is 0 Å². The molecule has 5 nitrogen and oxygen atoms in total. The van der Waals surface area contributed by atoms with Crippen molar-refractivity contribution >= 4 is 17.8 Å². The molecule has 0 bridgehead atoms. The third kappa shape index (κ3) is 3.30. The van der Waals surface area contributed by atoms with Crippen molar-refractivity contribution < 1.29 is 19.1 Å². The first-order valence-electron chi connectivity index (χ1n) is 8.86. The number of hydrogen-bond donors (Lipinski definition) is 0. The van der Waals surface area contributed by atoms with E-state index < -0.39 is 24.3 Å². The molecule has 0 unspecified atom stereocenters. The number of fused-ring (bicyclic) bond motifs is 1. The van der Waals surface area contributed by atoms with Crippen LogP contribution in [0.25, 0.3) is 11.1 Å². The first-order valence-corrected chi connectivity index (χ1v) is 8.86. The van der Waals surface area contributed by atoms with E-state index in [0.29, 0.717) is 16.9 Å². The van der Waals surface area contributed by atoms with Gasteiger partial charge in [0.2, 0.25) is 0 Å². The second-order valence-corrected chi connectivity index (χ2v) is 6.61. The van der Waals surface area contributed by atoms with E-state index in [2.05, 4.69) is 0 Å². The molecule has 0 spiro atoms. The third-order valence-electron chi connectivity index (χ3n) is 4.64. The highest BCUT2D eigenvalue weighted by Crippen LogP contribution is 2.24. The molecular formula is C23H17NO4. The molecule has 5 heteroatoms. The van der Waals surface area contributed by atoms with Gasteiger partial charge in [-0.15, -0.1) is 0 Å². The minimum atomic E-state index is -0.669. The lowest BCUT2D eigenvalue weighted by atomic mass is 10.0. The molecule has 138 valence electrons. The second kappa shape index (κ2) is 7.12. The van der Waals surface area contributed by atoms with E-state index >= 15 is 0 Å². The molecule has 0 aromatic heterocycles. The minimum Gasteiger partial charge on any atom is -0.425 e. The van der Waals surface area contributed by atoms with Gasteiger partial charge >= 0.3 is 5.97 Å². The van der Waals surface area contributed by atoms with Crippen LogP contribution in [0.15, 0.2) is 72.8 Å². The molecule has 0 N–H and O–H groups in total. The molecule has 28 heavy (non-hydrogen) atoms. The van der Waals surface area contributed by atoms with Crippen LogP contribution in [-0.4, -0.2) is 29.2 Å². The molecule has 0 radical (unpaired) electrons. The summed E-state index contributed by atoms with van der Waals surface area (Å²) in [5.41, 5.74) is 3.86. The molecular weight excluding hydrogens is 354 g/mol. The smallest absolute Gasteiger partial charge is 0.331 e. The highest BCUT2D eigenvalue weighted by atomic mass is 16.5. The van der Waals surface area contributed by atoms with Gasteiger partial charge in [-0.25, -0.2) is 4.79 Å². The Morgan fingerprint density at radius 2 is 1.29 bits per heavy atom. The molecule has 3 aromatic carbocycles. The van der Waals surface area contributed by atoms with Gasteiger partial charge in [-0.3, -0.25) is 14.5 Å². The number of nitrogens with zero attached hydrogens (tertiary/aromatic N) is 1. The van der Waals surface area contributed by atoms with Crippen LogP contribution < -0.4 is 4.74 Å². The maximum absolute atomic E-state index is 12.3. The average Bonchev–Trinajstić information content (AvgIpc) is 2.94. The van der Waals surface area contributed by atoms with Crippen LogP contribution in [0.4, 0.5) is 0 Å². The highest BCUT2D eigenvalue weighted by Gasteiger charge is 2.36. The van der Waals surface area contributed by atoms with Crippen molar-refractivity contribution in [3.8, 4) is 16.9 Å². The maximum Gasteiger partial charge on any atom is 0.331 e. The highest BCUT2D eigenvalue weighted by molar-refractivity contribution is 6.22. The van der Waals surface area contributed by atoms with Gasteiger partial charge in [0.05, 0.1) is 11.1 Å². The van der Waals surface area contributed by atoms with E-state index in [1.807, 2.05) is 43.3 Å². The van der Waals surface area contributed by atoms with E-state index in [1.165, 1.54) is 5.56 Å². The molecule has 0 atom stereocenters. The predicted molar refractivity (Wildman–Crippen MR) is 104 cm³/mol. The number of esters is 1. The van der Waals surface area contributed by atoms with E-state index in [9.17, 15) is 14.4 Å². The summed E-state index contributed by atoms with van der Waals surface area (Å²) in [6.45, 7) is 1.60. The molecule has 1 aliphatic heterocycles. The normalized spacial score (nSPS) is 12.8. The van der Waals surface area contributed by atoms with E-state index in [-0.39, 0.29) is 0 Å². The fourth-order valence-electron chi connectivity index (χ4n) is 3.14. The van der Waals surface area contributed by atoms with Crippen LogP contribution >= 0.6 is 0 Å². The average molecular weight is 371 g/mol. The Balaban J connectivity index is 1.42. The summed E-state index contributed by atoms with van der Waals surface area (Å²) in [4.78, 5) is 37.8. The number of carbonyl (C=O) groups excluding carboxylic acids is 3. The minimum absolute atomic E-state index is 0.308. The van der Waals surface area contributed by atoms with Gasteiger partial charge in [-0.1, -0.05) is 54.1 Å². The zero-order chi connectivity index (χ0) is 19.7. The van der Waals surface area contributed by atoms with Crippen LogP contribution in [0.1, 0.15) is 26.3 Å². The molecule has 2 amide bonds. The lowest BCUT2D eigenvalue weighted by molar-refractivity contribution is -0.134.